The van der Waals surface area contributed by atoms with Gasteiger partial charge < -0.3 is 21.1 Å². The molecule has 2 aromatic carbocycles. The summed E-state index contributed by atoms with van der Waals surface area (Å²) in [5.41, 5.74) is 4.14. The number of halogens is 1. The Balaban J connectivity index is 1.94. The van der Waals surface area contributed by atoms with Crippen LogP contribution in [0.3, 0.4) is 0 Å². The third kappa shape index (κ3) is 4.50. The monoisotopic (exact) mass is 398 g/mol. The van der Waals surface area contributed by atoms with Crippen LogP contribution in [0.1, 0.15) is 12.0 Å². The molecule has 28 heavy (non-hydrogen) atoms. The number of carboxylic acids is 1. The van der Waals surface area contributed by atoms with E-state index in [1.165, 1.54) is 0 Å². The number of aliphatic imine (C=N–C) groups is 1. The van der Waals surface area contributed by atoms with Crippen molar-refractivity contribution in [3.63, 3.8) is 0 Å². The van der Waals surface area contributed by atoms with Crippen molar-refractivity contribution in [1.29, 1.82) is 0 Å². The molecule has 0 fully saturated rings. The van der Waals surface area contributed by atoms with Crippen molar-refractivity contribution in [2.24, 2.45) is 4.99 Å². The van der Waals surface area contributed by atoms with Gasteiger partial charge in [-0.15, -0.1) is 0 Å². The Morgan fingerprint density at radius 3 is 2.71 bits per heavy atom. The van der Waals surface area contributed by atoms with E-state index in [2.05, 4.69) is 20.9 Å². The largest absolute Gasteiger partial charge is 0.478 e. The minimum Gasteiger partial charge on any atom is -0.478 e. The molecule has 7 nitrogen and oxygen atoms in total. The van der Waals surface area contributed by atoms with E-state index >= 15 is 0 Å². The van der Waals surface area contributed by atoms with Gasteiger partial charge in [-0.05, 0) is 35.7 Å². The number of guanidine groups is 1. The molecule has 0 aliphatic carbocycles. The molecule has 4 N–H and O–H groups in total. The molecule has 144 valence electrons. The number of nitrogens with one attached hydrogen (secondary N) is 3. The molecule has 0 atom stereocenters. The van der Waals surface area contributed by atoms with Crippen LogP contribution in [-0.2, 0) is 9.59 Å². The van der Waals surface area contributed by atoms with Crippen LogP contribution < -0.4 is 16.0 Å². The first-order chi connectivity index (χ1) is 13.6. The normalized spacial score (nSPS) is 13.9. The van der Waals surface area contributed by atoms with Crippen LogP contribution in [-0.4, -0.2) is 36.5 Å². The fourth-order valence-corrected chi connectivity index (χ4v) is 3.10. The summed E-state index contributed by atoms with van der Waals surface area (Å²) in [4.78, 5) is 26.8. The van der Waals surface area contributed by atoms with Crippen LogP contribution in [0.2, 0.25) is 0 Å². The molecule has 0 saturated heterocycles. The van der Waals surface area contributed by atoms with E-state index in [-0.39, 0.29) is 5.57 Å². The summed E-state index contributed by atoms with van der Waals surface area (Å²) in [6.45, 7) is 1.67. The Kier molecular flexibility index (Phi) is 6.29. The van der Waals surface area contributed by atoms with Crippen LogP contribution in [0, 0.1) is 0 Å². The molecule has 3 rings (SSSR count). The number of carbonyl (C=O) groups excluding carboxylic acids is 1. The lowest BCUT2D eigenvalue weighted by molar-refractivity contribution is -0.130. The van der Waals surface area contributed by atoms with Crippen molar-refractivity contribution >= 4 is 46.9 Å². The minimum atomic E-state index is -1.18. The molecular formula is C20H19ClN4O3. The summed E-state index contributed by atoms with van der Waals surface area (Å²) in [7, 11) is 0. The molecule has 0 spiro atoms. The van der Waals surface area contributed by atoms with Gasteiger partial charge in [0.15, 0.2) is 5.96 Å². The number of hydrogen-bond acceptors (Lipinski definition) is 5. The number of aliphatic carboxylic acids is 1. The number of carbonyl (C=O) groups is 2. The average Bonchev–Trinajstić information content (AvgIpc) is 2.70. The lowest BCUT2D eigenvalue weighted by atomic mass is 9.98. The lowest BCUT2D eigenvalue weighted by Crippen LogP contribution is -2.35. The summed E-state index contributed by atoms with van der Waals surface area (Å²) >= 11 is 5.65. The first-order valence-corrected chi connectivity index (χ1v) is 9.10. The molecule has 8 heteroatoms. The maximum Gasteiger partial charge on any atom is 0.337 e. The van der Waals surface area contributed by atoms with Gasteiger partial charge in [0.2, 0.25) is 6.41 Å². The van der Waals surface area contributed by atoms with Gasteiger partial charge in [0.05, 0.1) is 5.57 Å². The smallest absolute Gasteiger partial charge is 0.337 e. The number of rotatable bonds is 6. The summed E-state index contributed by atoms with van der Waals surface area (Å²) in [6.07, 6.45) is 1.51. The van der Waals surface area contributed by atoms with Gasteiger partial charge in [-0.1, -0.05) is 35.9 Å². The molecule has 2 aromatic rings. The van der Waals surface area contributed by atoms with Crippen LogP contribution in [0.25, 0.3) is 16.7 Å². The minimum absolute atomic E-state index is 0.102. The fraction of sp³-hybridized carbons (Fsp3) is 0.150. The molecule has 0 unspecified atom stereocenters. The first-order valence-electron chi connectivity index (χ1n) is 8.66. The molecule has 0 saturated carbocycles. The third-order valence-corrected chi connectivity index (χ3v) is 4.44. The van der Waals surface area contributed by atoms with Gasteiger partial charge in [-0.25, -0.2) is 4.79 Å². The number of hydrogen-bond donors (Lipinski definition) is 4. The zero-order valence-corrected chi connectivity index (χ0v) is 15.7. The Morgan fingerprint density at radius 2 is 2.04 bits per heavy atom. The number of benzene rings is 2. The zero-order chi connectivity index (χ0) is 19.9. The second-order valence-electron chi connectivity index (χ2n) is 6.07. The topological polar surface area (TPSA) is 103 Å². The number of carboxylic acid groups (broad SMARTS) is 1. The van der Waals surface area contributed by atoms with E-state index in [4.69, 9.17) is 11.6 Å². The van der Waals surface area contributed by atoms with E-state index in [1.807, 2.05) is 24.3 Å². The van der Waals surface area contributed by atoms with Crippen molar-refractivity contribution in [2.75, 3.05) is 23.7 Å². The van der Waals surface area contributed by atoms with Crippen molar-refractivity contribution in [3.05, 3.63) is 53.6 Å². The molecule has 1 amide bonds. The summed E-state index contributed by atoms with van der Waals surface area (Å²) in [6, 6.07) is 12.8. The van der Waals surface area contributed by atoms with Gasteiger partial charge in [-0.3, -0.25) is 9.79 Å². The number of anilines is 2. The first kappa shape index (κ1) is 19.4. The van der Waals surface area contributed by atoms with Gasteiger partial charge in [-0.2, -0.15) is 0 Å². The maximum atomic E-state index is 11.4. The van der Waals surface area contributed by atoms with E-state index < -0.39 is 5.97 Å². The highest BCUT2D eigenvalue weighted by Crippen LogP contribution is 2.31. The van der Waals surface area contributed by atoms with Crippen LogP contribution in [0.4, 0.5) is 11.4 Å². The molecule has 0 aromatic heterocycles. The van der Waals surface area contributed by atoms with Gasteiger partial charge in [0.25, 0.3) is 0 Å². The predicted molar refractivity (Wildman–Crippen MR) is 112 cm³/mol. The molecule has 0 bridgehead atoms. The zero-order valence-electron chi connectivity index (χ0n) is 14.9. The molecule has 0 radical (unpaired) electrons. The molecule has 1 heterocycles. The Bertz CT molecular complexity index is 956. The molecule has 1 aliphatic rings. The Labute approximate surface area is 167 Å². The van der Waals surface area contributed by atoms with E-state index in [0.29, 0.717) is 17.7 Å². The number of nitrogens with zero attached hydrogens (tertiary/aromatic N) is 1. The average molecular weight is 399 g/mol. The predicted octanol–water partition coefficient (Wildman–Crippen LogP) is 3.35. The van der Waals surface area contributed by atoms with Crippen molar-refractivity contribution in [2.45, 2.75) is 6.42 Å². The van der Waals surface area contributed by atoms with Crippen molar-refractivity contribution in [3.8, 4) is 11.1 Å². The third-order valence-electron chi connectivity index (χ3n) is 4.22. The van der Waals surface area contributed by atoms with Crippen molar-refractivity contribution in [1.82, 2.24) is 5.32 Å². The van der Waals surface area contributed by atoms with Crippen LogP contribution in [0.5, 0.6) is 0 Å². The van der Waals surface area contributed by atoms with E-state index in [0.717, 1.165) is 47.8 Å². The quantitative estimate of drug-likeness (QED) is 0.441. The lowest BCUT2D eigenvalue weighted by Gasteiger charge is -2.17. The SMILES string of the molecule is O=CNc1cc(-c2cccc(NC3=NCCCN3)c2)ccc1C(=CCl)C(=O)O. The second-order valence-corrected chi connectivity index (χ2v) is 6.29. The van der Waals surface area contributed by atoms with Crippen LogP contribution in [0.15, 0.2) is 53.0 Å². The molecular weight excluding hydrogens is 380 g/mol. The standard InChI is InChI=1S/C20H19ClN4O3/c21-11-17(19(27)28)16-6-5-14(10-18(16)24-12-26)13-3-1-4-15(9-13)25-20-22-7-2-8-23-20/h1,3-6,9-12H,2,7-8H2,(H,24,26)(H,27,28)(H2,22,23,25). The van der Waals surface area contributed by atoms with Gasteiger partial charge in [0, 0.05) is 35.6 Å². The van der Waals surface area contributed by atoms with Gasteiger partial charge >= 0.3 is 5.97 Å². The van der Waals surface area contributed by atoms with E-state index in [1.54, 1.807) is 18.2 Å². The van der Waals surface area contributed by atoms with Crippen LogP contribution >= 0.6 is 11.6 Å². The molecule has 1 aliphatic heterocycles. The highest BCUT2D eigenvalue weighted by molar-refractivity contribution is 6.34. The highest BCUT2D eigenvalue weighted by Gasteiger charge is 2.15. The summed E-state index contributed by atoms with van der Waals surface area (Å²) < 4.78 is 0. The maximum absolute atomic E-state index is 11.4. The number of amides is 1. The Morgan fingerprint density at radius 1 is 1.21 bits per heavy atom. The second kappa shape index (κ2) is 9.05. The summed E-state index contributed by atoms with van der Waals surface area (Å²) in [5, 5.41) is 18.3. The van der Waals surface area contributed by atoms with Crippen molar-refractivity contribution < 1.29 is 14.7 Å². The van der Waals surface area contributed by atoms with Gasteiger partial charge in [0.1, 0.15) is 0 Å². The fourth-order valence-electron chi connectivity index (χ4n) is 2.89. The highest BCUT2D eigenvalue weighted by atomic mass is 35.5. The summed E-state index contributed by atoms with van der Waals surface area (Å²) in [5.74, 6) is -0.441. The van der Waals surface area contributed by atoms with E-state index in [9.17, 15) is 14.7 Å². The Hall–Kier alpha value is -3.32.